The van der Waals surface area contributed by atoms with Gasteiger partial charge in [-0.25, -0.2) is 9.18 Å². The fourth-order valence-corrected chi connectivity index (χ4v) is 2.97. The average molecular weight is 350 g/mol. The number of likely N-dealkylation sites (tertiary alicyclic amines) is 1. The van der Waals surface area contributed by atoms with E-state index in [2.05, 4.69) is 0 Å². The van der Waals surface area contributed by atoms with E-state index in [4.69, 9.17) is 4.74 Å². The Bertz CT molecular complexity index is 627. The smallest absolute Gasteiger partial charge is 0.410 e. The molecule has 0 saturated carbocycles. The third-order valence-electron chi connectivity index (χ3n) is 4.10. The molecule has 5 nitrogen and oxygen atoms in total. The van der Waals surface area contributed by atoms with Gasteiger partial charge < -0.3 is 9.64 Å². The summed E-state index contributed by atoms with van der Waals surface area (Å²) >= 11 is 0. The van der Waals surface area contributed by atoms with Crippen molar-refractivity contribution in [2.75, 3.05) is 13.6 Å². The molecule has 1 aromatic rings. The molecule has 2 rings (SSSR count). The number of hydrogen-bond donors (Lipinski definition) is 0. The summed E-state index contributed by atoms with van der Waals surface area (Å²) in [7, 11) is 1.68. The number of ether oxygens (including phenoxy) is 1. The molecule has 138 valence electrons. The van der Waals surface area contributed by atoms with Crippen LogP contribution in [-0.4, -0.2) is 47.0 Å². The Kier molecular flexibility index (Phi) is 6.03. The van der Waals surface area contributed by atoms with Crippen LogP contribution in [0, 0.1) is 5.82 Å². The number of amides is 2. The van der Waals surface area contributed by atoms with Gasteiger partial charge in [-0.2, -0.15) is 0 Å². The second-order valence-corrected chi connectivity index (χ2v) is 7.51. The molecule has 25 heavy (non-hydrogen) atoms. The van der Waals surface area contributed by atoms with Gasteiger partial charge in [0, 0.05) is 20.1 Å². The Labute approximate surface area is 148 Å². The van der Waals surface area contributed by atoms with Gasteiger partial charge in [0.1, 0.15) is 17.5 Å². The van der Waals surface area contributed by atoms with Gasteiger partial charge in [-0.1, -0.05) is 12.1 Å². The van der Waals surface area contributed by atoms with Gasteiger partial charge in [-0.05, 0) is 57.7 Å². The predicted molar refractivity (Wildman–Crippen MR) is 93.5 cm³/mol. The highest BCUT2D eigenvalue weighted by molar-refractivity contribution is 5.85. The summed E-state index contributed by atoms with van der Waals surface area (Å²) in [5.41, 5.74) is 0.116. The second kappa shape index (κ2) is 7.85. The molecular formula is C19H27FN2O3. The molecule has 0 unspecified atom stereocenters. The summed E-state index contributed by atoms with van der Waals surface area (Å²) in [4.78, 5) is 28.4. The molecule has 0 radical (unpaired) electrons. The van der Waals surface area contributed by atoms with Crippen LogP contribution >= 0.6 is 0 Å². The first-order valence-electron chi connectivity index (χ1n) is 8.66. The molecular weight excluding hydrogens is 323 g/mol. The van der Waals surface area contributed by atoms with E-state index in [1.54, 1.807) is 24.1 Å². The van der Waals surface area contributed by atoms with Crippen molar-refractivity contribution in [2.45, 2.75) is 58.2 Å². The van der Waals surface area contributed by atoms with E-state index < -0.39 is 17.7 Å². The standard InChI is InChI=1S/C19H27FN2O3/c1-19(2,3)25-18(24)22-11-6-5-10-16(22)17(23)21(4)13-14-8-7-9-15(20)12-14/h7-9,12,16H,5-6,10-11,13H2,1-4H3/t16-/m0/s1. The first-order valence-corrected chi connectivity index (χ1v) is 8.66. The predicted octanol–water partition coefficient (Wildman–Crippen LogP) is 3.57. The van der Waals surface area contributed by atoms with E-state index in [-0.39, 0.29) is 11.7 Å². The molecule has 0 spiro atoms. The van der Waals surface area contributed by atoms with Crippen molar-refractivity contribution >= 4 is 12.0 Å². The molecule has 0 aromatic heterocycles. The number of carbonyl (C=O) groups is 2. The van der Waals surface area contributed by atoms with E-state index in [0.29, 0.717) is 19.5 Å². The Morgan fingerprint density at radius 2 is 2.04 bits per heavy atom. The number of nitrogens with zero attached hydrogens (tertiary/aromatic N) is 2. The summed E-state index contributed by atoms with van der Waals surface area (Å²) in [6, 6.07) is 5.66. The normalized spacial score (nSPS) is 18.0. The highest BCUT2D eigenvalue weighted by Crippen LogP contribution is 2.22. The van der Waals surface area contributed by atoms with Crippen molar-refractivity contribution in [3.8, 4) is 0 Å². The van der Waals surface area contributed by atoms with Crippen molar-refractivity contribution in [1.29, 1.82) is 0 Å². The third-order valence-corrected chi connectivity index (χ3v) is 4.10. The summed E-state index contributed by atoms with van der Waals surface area (Å²) < 4.78 is 18.8. The number of likely N-dealkylation sites (N-methyl/N-ethyl adjacent to an activating group) is 1. The molecule has 0 N–H and O–H groups in total. The fourth-order valence-electron chi connectivity index (χ4n) is 2.97. The molecule has 1 saturated heterocycles. The zero-order valence-corrected chi connectivity index (χ0v) is 15.4. The van der Waals surface area contributed by atoms with E-state index in [1.165, 1.54) is 17.0 Å². The van der Waals surface area contributed by atoms with E-state index >= 15 is 0 Å². The van der Waals surface area contributed by atoms with Gasteiger partial charge in [0.15, 0.2) is 0 Å². The molecule has 0 bridgehead atoms. The topological polar surface area (TPSA) is 49.9 Å². The minimum absolute atomic E-state index is 0.144. The van der Waals surface area contributed by atoms with Crippen LogP contribution in [0.3, 0.4) is 0 Å². The van der Waals surface area contributed by atoms with Gasteiger partial charge in [0.25, 0.3) is 0 Å². The van der Waals surface area contributed by atoms with Gasteiger partial charge in [-0.15, -0.1) is 0 Å². The zero-order valence-electron chi connectivity index (χ0n) is 15.4. The van der Waals surface area contributed by atoms with Crippen molar-refractivity contribution < 1.29 is 18.7 Å². The fraction of sp³-hybridized carbons (Fsp3) is 0.579. The Hall–Kier alpha value is -2.11. The lowest BCUT2D eigenvalue weighted by Gasteiger charge is -2.37. The van der Waals surface area contributed by atoms with Gasteiger partial charge >= 0.3 is 6.09 Å². The van der Waals surface area contributed by atoms with Crippen LogP contribution in [0.5, 0.6) is 0 Å². The van der Waals surface area contributed by atoms with Gasteiger partial charge in [0.2, 0.25) is 5.91 Å². The second-order valence-electron chi connectivity index (χ2n) is 7.51. The minimum Gasteiger partial charge on any atom is -0.444 e. The molecule has 1 atom stereocenters. The monoisotopic (exact) mass is 350 g/mol. The summed E-state index contributed by atoms with van der Waals surface area (Å²) in [6.07, 6.45) is 1.91. The highest BCUT2D eigenvalue weighted by atomic mass is 19.1. The van der Waals surface area contributed by atoms with E-state index in [1.807, 2.05) is 20.8 Å². The van der Waals surface area contributed by atoms with Crippen LogP contribution in [0.25, 0.3) is 0 Å². The van der Waals surface area contributed by atoms with Crippen LogP contribution in [0.4, 0.5) is 9.18 Å². The Morgan fingerprint density at radius 3 is 2.68 bits per heavy atom. The minimum atomic E-state index is -0.602. The maximum Gasteiger partial charge on any atom is 0.410 e. The molecule has 6 heteroatoms. The quantitative estimate of drug-likeness (QED) is 0.837. The van der Waals surface area contributed by atoms with Crippen molar-refractivity contribution in [2.24, 2.45) is 0 Å². The van der Waals surface area contributed by atoms with Crippen LogP contribution in [0.2, 0.25) is 0 Å². The van der Waals surface area contributed by atoms with Crippen LogP contribution in [0.15, 0.2) is 24.3 Å². The first kappa shape index (κ1) is 19.2. The molecule has 1 fully saturated rings. The number of halogens is 1. The highest BCUT2D eigenvalue weighted by Gasteiger charge is 2.36. The maximum atomic E-state index is 13.3. The van der Waals surface area contributed by atoms with Crippen molar-refractivity contribution in [1.82, 2.24) is 9.80 Å². The molecule has 2 amide bonds. The number of rotatable bonds is 3. The summed E-state index contributed by atoms with van der Waals surface area (Å²) in [5, 5.41) is 0. The largest absolute Gasteiger partial charge is 0.444 e. The first-order chi connectivity index (χ1) is 11.7. The molecule has 0 aliphatic carbocycles. The molecule has 1 aliphatic rings. The Balaban J connectivity index is 2.07. The van der Waals surface area contributed by atoms with Crippen molar-refractivity contribution in [3.05, 3.63) is 35.6 Å². The number of carbonyl (C=O) groups excluding carboxylic acids is 2. The lowest BCUT2D eigenvalue weighted by molar-refractivity contribution is -0.137. The zero-order chi connectivity index (χ0) is 18.6. The van der Waals surface area contributed by atoms with Crippen LogP contribution in [-0.2, 0) is 16.1 Å². The lowest BCUT2D eigenvalue weighted by atomic mass is 10.0. The summed E-state index contributed by atoms with van der Waals surface area (Å²) in [5.74, 6) is -0.471. The summed E-state index contributed by atoms with van der Waals surface area (Å²) in [6.45, 7) is 6.24. The molecule has 1 heterocycles. The third kappa shape index (κ3) is 5.44. The van der Waals surface area contributed by atoms with Gasteiger partial charge in [-0.3, -0.25) is 9.69 Å². The SMILES string of the molecule is CN(Cc1cccc(F)c1)C(=O)[C@@H]1CCCCN1C(=O)OC(C)(C)C. The lowest BCUT2D eigenvalue weighted by Crippen LogP contribution is -2.53. The van der Waals surface area contributed by atoms with E-state index in [0.717, 1.165) is 18.4 Å². The number of piperidine rings is 1. The molecule has 1 aromatic carbocycles. The van der Waals surface area contributed by atoms with Crippen molar-refractivity contribution in [3.63, 3.8) is 0 Å². The number of hydrogen-bond acceptors (Lipinski definition) is 3. The van der Waals surface area contributed by atoms with Gasteiger partial charge in [0.05, 0.1) is 0 Å². The molecule has 1 aliphatic heterocycles. The maximum absolute atomic E-state index is 13.3. The average Bonchev–Trinajstić information content (AvgIpc) is 2.52. The Morgan fingerprint density at radius 1 is 1.32 bits per heavy atom. The van der Waals surface area contributed by atoms with Crippen LogP contribution < -0.4 is 0 Å². The van der Waals surface area contributed by atoms with Crippen LogP contribution in [0.1, 0.15) is 45.6 Å². The van der Waals surface area contributed by atoms with E-state index in [9.17, 15) is 14.0 Å². The number of benzene rings is 1.